The Morgan fingerprint density at radius 2 is 1.74 bits per heavy atom. The largest absolute Gasteiger partial charge is 0.383 e. The van der Waals surface area contributed by atoms with Gasteiger partial charge >= 0.3 is 0 Å². The van der Waals surface area contributed by atoms with E-state index in [0.29, 0.717) is 29.3 Å². The van der Waals surface area contributed by atoms with Gasteiger partial charge in [-0.2, -0.15) is 0 Å². The zero-order valence-corrected chi connectivity index (χ0v) is 17.3. The Kier molecular flexibility index (Phi) is 6.86. The lowest BCUT2D eigenvalue weighted by atomic mass is 10.1. The topological polar surface area (TPSA) is 84.5 Å². The molecular formula is C19H23ClN2O4S. The molecule has 0 saturated carbocycles. The third-order valence-electron chi connectivity index (χ3n) is 3.94. The van der Waals surface area contributed by atoms with Crippen LogP contribution in [0.5, 0.6) is 0 Å². The minimum atomic E-state index is -3.90. The van der Waals surface area contributed by atoms with Gasteiger partial charge in [0.15, 0.2) is 0 Å². The lowest BCUT2D eigenvalue weighted by Gasteiger charge is -2.16. The monoisotopic (exact) mass is 410 g/mol. The Bertz CT molecular complexity index is 935. The molecule has 0 aliphatic rings. The molecule has 0 saturated heterocycles. The van der Waals surface area contributed by atoms with Crippen molar-refractivity contribution in [3.05, 3.63) is 57.6 Å². The van der Waals surface area contributed by atoms with Crippen LogP contribution in [0.2, 0.25) is 5.02 Å². The molecule has 0 aromatic heterocycles. The number of anilines is 1. The van der Waals surface area contributed by atoms with Gasteiger partial charge in [-0.3, -0.25) is 9.52 Å². The maximum absolute atomic E-state index is 13.0. The van der Waals surface area contributed by atoms with E-state index in [-0.39, 0.29) is 16.1 Å². The number of hydrogen-bond donors (Lipinski definition) is 2. The summed E-state index contributed by atoms with van der Waals surface area (Å²) in [6.45, 7) is 6.04. The molecule has 0 aliphatic carbocycles. The number of halogens is 1. The predicted octanol–water partition coefficient (Wildman–Crippen LogP) is 3.44. The van der Waals surface area contributed by atoms with Gasteiger partial charge in [0.25, 0.3) is 15.9 Å². The predicted molar refractivity (Wildman–Crippen MR) is 107 cm³/mol. The van der Waals surface area contributed by atoms with Crippen LogP contribution in [0.3, 0.4) is 0 Å². The van der Waals surface area contributed by atoms with Gasteiger partial charge in [0, 0.05) is 18.7 Å². The van der Waals surface area contributed by atoms with E-state index in [4.69, 9.17) is 16.3 Å². The second-order valence-electron chi connectivity index (χ2n) is 6.27. The quantitative estimate of drug-likeness (QED) is 0.685. The summed E-state index contributed by atoms with van der Waals surface area (Å²) in [5.41, 5.74) is 2.55. The number of benzene rings is 2. The van der Waals surface area contributed by atoms with E-state index < -0.39 is 15.9 Å². The number of rotatable bonds is 7. The standard InChI is InChI=1S/C19H23ClN2O4S/c1-12-9-13(2)18(14(3)10-12)27(24,25)22-17-11-15(20)5-6-16(17)19(23)21-7-8-26-4/h5-6,9-11,22H,7-8H2,1-4H3,(H,21,23). The average molecular weight is 411 g/mol. The fourth-order valence-corrected chi connectivity index (χ4v) is 4.65. The number of aryl methyl sites for hydroxylation is 3. The van der Waals surface area contributed by atoms with E-state index in [1.807, 2.05) is 6.92 Å². The minimum Gasteiger partial charge on any atom is -0.383 e. The van der Waals surface area contributed by atoms with Crippen molar-refractivity contribution >= 4 is 33.2 Å². The van der Waals surface area contributed by atoms with Gasteiger partial charge in [0.1, 0.15) is 0 Å². The van der Waals surface area contributed by atoms with E-state index in [9.17, 15) is 13.2 Å². The maximum atomic E-state index is 13.0. The summed E-state index contributed by atoms with van der Waals surface area (Å²) in [6, 6.07) is 8.04. The Balaban J connectivity index is 2.41. The van der Waals surface area contributed by atoms with Crippen LogP contribution in [0, 0.1) is 20.8 Å². The van der Waals surface area contributed by atoms with Gasteiger partial charge in [0.05, 0.1) is 22.8 Å². The van der Waals surface area contributed by atoms with Gasteiger partial charge in [-0.25, -0.2) is 8.42 Å². The Labute approximate surface area is 164 Å². The molecule has 6 nitrogen and oxygen atoms in total. The van der Waals surface area contributed by atoms with E-state index in [1.165, 1.54) is 25.3 Å². The van der Waals surface area contributed by atoms with Crippen molar-refractivity contribution in [3.8, 4) is 0 Å². The lowest BCUT2D eigenvalue weighted by Crippen LogP contribution is -2.28. The molecule has 8 heteroatoms. The number of amides is 1. The maximum Gasteiger partial charge on any atom is 0.262 e. The van der Waals surface area contributed by atoms with Gasteiger partial charge in [-0.1, -0.05) is 29.3 Å². The molecule has 2 aromatic carbocycles. The van der Waals surface area contributed by atoms with Gasteiger partial charge in [-0.15, -0.1) is 0 Å². The molecule has 0 radical (unpaired) electrons. The fraction of sp³-hybridized carbons (Fsp3) is 0.316. The minimum absolute atomic E-state index is 0.122. The van der Waals surface area contributed by atoms with Crippen molar-refractivity contribution in [1.29, 1.82) is 0 Å². The van der Waals surface area contributed by atoms with E-state index >= 15 is 0 Å². The molecular weight excluding hydrogens is 388 g/mol. The molecule has 0 fully saturated rings. The molecule has 0 unspecified atom stereocenters. The van der Waals surface area contributed by atoms with Crippen molar-refractivity contribution in [2.45, 2.75) is 25.7 Å². The molecule has 146 valence electrons. The van der Waals surface area contributed by atoms with Crippen molar-refractivity contribution < 1.29 is 17.9 Å². The van der Waals surface area contributed by atoms with Crippen LogP contribution >= 0.6 is 11.6 Å². The highest BCUT2D eigenvalue weighted by Crippen LogP contribution is 2.27. The molecule has 0 aliphatic heterocycles. The summed E-state index contributed by atoms with van der Waals surface area (Å²) in [5, 5.41) is 2.99. The highest BCUT2D eigenvalue weighted by Gasteiger charge is 2.23. The number of carbonyl (C=O) groups is 1. The summed E-state index contributed by atoms with van der Waals surface area (Å²) in [6.07, 6.45) is 0. The molecule has 0 spiro atoms. The zero-order chi connectivity index (χ0) is 20.2. The number of ether oxygens (including phenoxy) is 1. The third kappa shape index (κ3) is 5.22. The molecule has 27 heavy (non-hydrogen) atoms. The average Bonchev–Trinajstić information content (AvgIpc) is 2.53. The molecule has 2 aromatic rings. The SMILES string of the molecule is COCCNC(=O)c1ccc(Cl)cc1NS(=O)(=O)c1c(C)cc(C)cc1C. The molecule has 0 atom stereocenters. The molecule has 0 bridgehead atoms. The van der Waals surface area contributed by atoms with Crippen LogP contribution in [-0.4, -0.2) is 34.6 Å². The first-order valence-electron chi connectivity index (χ1n) is 8.33. The van der Waals surface area contributed by atoms with Gasteiger partial charge in [0.2, 0.25) is 0 Å². The van der Waals surface area contributed by atoms with Gasteiger partial charge < -0.3 is 10.1 Å². The van der Waals surface area contributed by atoms with Crippen molar-refractivity contribution in [3.63, 3.8) is 0 Å². The first-order valence-corrected chi connectivity index (χ1v) is 10.2. The number of nitrogens with one attached hydrogen (secondary N) is 2. The van der Waals surface area contributed by atoms with Crippen molar-refractivity contribution in [2.75, 3.05) is 25.0 Å². The van der Waals surface area contributed by atoms with Crippen LogP contribution in [0.4, 0.5) is 5.69 Å². The second-order valence-corrected chi connectivity index (χ2v) is 8.33. The van der Waals surface area contributed by atoms with E-state index in [2.05, 4.69) is 10.0 Å². The summed E-state index contributed by atoms with van der Waals surface area (Å²) >= 11 is 6.02. The number of carbonyl (C=O) groups excluding carboxylic acids is 1. The summed E-state index contributed by atoms with van der Waals surface area (Å²) in [4.78, 5) is 12.6. The van der Waals surface area contributed by atoms with Crippen LogP contribution < -0.4 is 10.0 Å². The first-order chi connectivity index (χ1) is 12.7. The molecule has 1 amide bonds. The Hall–Kier alpha value is -2.09. The van der Waals surface area contributed by atoms with E-state index in [1.54, 1.807) is 26.0 Å². The summed E-state index contributed by atoms with van der Waals surface area (Å²) in [5.74, 6) is -0.418. The first kappa shape index (κ1) is 21.2. The smallest absolute Gasteiger partial charge is 0.262 e. The van der Waals surface area contributed by atoms with Crippen molar-refractivity contribution in [1.82, 2.24) is 5.32 Å². The number of sulfonamides is 1. The lowest BCUT2D eigenvalue weighted by molar-refractivity contribution is 0.0938. The molecule has 2 rings (SSSR count). The Morgan fingerprint density at radius 3 is 2.33 bits per heavy atom. The van der Waals surface area contributed by atoms with Crippen LogP contribution in [0.25, 0.3) is 0 Å². The highest BCUT2D eigenvalue weighted by atomic mass is 35.5. The van der Waals surface area contributed by atoms with E-state index in [0.717, 1.165) is 5.56 Å². The van der Waals surface area contributed by atoms with Crippen LogP contribution in [0.1, 0.15) is 27.0 Å². The molecule has 2 N–H and O–H groups in total. The van der Waals surface area contributed by atoms with Crippen molar-refractivity contribution in [2.24, 2.45) is 0 Å². The fourth-order valence-electron chi connectivity index (χ4n) is 2.95. The summed E-state index contributed by atoms with van der Waals surface area (Å²) in [7, 11) is -2.37. The zero-order valence-electron chi connectivity index (χ0n) is 15.7. The normalized spacial score (nSPS) is 11.3. The third-order valence-corrected chi connectivity index (χ3v) is 5.84. The highest BCUT2D eigenvalue weighted by molar-refractivity contribution is 7.92. The van der Waals surface area contributed by atoms with Gasteiger partial charge in [-0.05, 0) is 50.1 Å². The second kappa shape index (κ2) is 8.73. The number of hydrogen-bond acceptors (Lipinski definition) is 4. The Morgan fingerprint density at radius 1 is 1.11 bits per heavy atom. The number of methoxy groups -OCH3 is 1. The summed E-state index contributed by atoms with van der Waals surface area (Å²) < 4.78 is 33.4. The van der Waals surface area contributed by atoms with Crippen LogP contribution in [0.15, 0.2) is 35.2 Å². The van der Waals surface area contributed by atoms with Crippen LogP contribution in [-0.2, 0) is 14.8 Å². The molecule has 0 heterocycles.